The summed E-state index contributed by atoms with van der Waals surface area (Å²) in [5.74, 6) is 0. The van der Waals surface area contributed by atoms with Gasteiger partial charge in [-0.05, 0) is 48.1 Å². The van der Waals surface area contributed by atoms with E-state index in [1.54, 1.807) is 0 Å². The Morgan fingerprint density at radius 3 is 2.48 bits per heavy atom. The van der Waals surface area contributed by atoms with Crippen molar-refractivity contribution in [2.45, 2.75) is 65.2 Å². The molecule has 0 unspecified atom stereocenters. The topological polar surface area (TPSA) is 13.1 Å². The molecule has 122 valence electrons. The maximum Gasteiger partial charge on any atom is 0.135 e. The molecule has 3 rings (SSSR count). The van der Waals surface area contributed by atoms with Gasteiger partial charge in [0, 0.05) is 10.8 Å². The Kier molecular flexibility index (Phi) is 4.48. The number of furan rings is 1. The van der Waals surface area contributed by atoms with Gasteiger partial charge in [-0.1, -0.05) is 64.7 Å². The molecule has 0 atom stereocenters. The van der Waals surface area contributed by atoms with Crippen LogP contribution in [-0.4, -0.2) is 0 Å². The van der Waals surface area contributed by atoms with E-state index in [2.05, 4.69) is 58.0 Å². The Morgan fingerprint density at radius 2 is 1.70 bits per heavy atom. The molecule has 1 heteroatoms. The molecule has 0 amide bonds. The summed E-state index contributed by atoms with van der Waals surface area (Å²) in [7, 11) is 0. The zero-order valence-electron chi connectivity index (χ0n) is 14.9. The van der Waals surface area contributed by atoms with Gasteiger partial charge in [0.2, 0.25) is 0 Å². The average molecular weight is 308 g/mol. The second-order valence-electron chi connectivity index (χ2n) is 7.46. The summed E-state index contributed by atoms with van der Waals surface area (Å²) in [6, 6.07) is 12.9. The van der Waals surface area contributed by atoms with Crippen molar-refractivity contribution in [1.29, 1.82) is 0 Å². The Hall–Kier alpha value is -1.76. The van der Waals surface area contributed by atoms with Gasteiger partial charge in [-0.25, -0.2) is 0 Å². The molecular formula is C22H28O. The SMILES string of the molecule is CCCCCCC(C)(C)c1cc2oc3ccccc3c2cc1C. The van der Waals surface area contributed by atoms with Crippen molar-refractivity contribution in [3.63, 3.8) is 0 Å². The highest BCUT2D eigenvalue weighted by atomic mass is 16.3. The largest absolute Gasteiger partial charge is 0.456 e. The van der Waals surface area contributed by atoms with Crippen molar-refractivity contribution in [1.82, 2.24) is 0 Å². The number of fused-ring (bicyclic) bond motifs is 3. The van der Waals surface area contributed by atoms with Crippen LogP contribution in [0.3, 0.4) is 0 Å². The zero-order chi connectivity index (χ0) is 16.4. The van der Waals surface area contributed by atoms with Crippen molar-refractivity contribution in [2.75, 3.05) is 0 Å². The predicted molar refractivity (Wildman–Crippen MR) is 100 cm³/mol. The van der Waals surface area contributed by atoms with Crippen molar-refractivity contribution in [3.8, 4) is 0 Å². The monoisotopic (exact) mass is 308 g/mol. The van der Waals surface area contributed by atoms with Crippen LogP contribution in [0, 0.1) is 6.92 Å². The summed E-state index contributed by atoms with van der Waals surface area (Å²) in [4.78, 5) is 0. The lowest BCUT2D eigenvalue weighted by Gasteiger charge is -2.27. The molecule has 1 heterocycles. The zero-order valence-corrected chi connectivity index (χ0v) is 14.9. The minimum atomic E-state index is 0.199. The molecular weight excluding hydrogens is 280 g/mol. The lowest BCUT2D eigenvalue weighted by molar-refractivity contribution is 0.444. The Balaban J connectivity index is 1.97. The molecule has 0 saturated carbocycles. The first-order chi connectivity index (χ1) is 11.0. The predicted octanol–water partition coefficient (Wildman–Crippen LogP) is 7.14. The third-order valence-corrected chi connectivity index (χ3v) is 5.11. The summed E-state index contributed by atoms with van der Waals surface area (Å²) in [6.45, 7) is 9.25. The van der Waals surface area contributed by atoms with Crippen molar-refractivity contribution in [2.24, 2.45) is 0 Å². The molecule has 0 spiro atoms. The standard InChI is InChI=1S/C22H28O/c1-5-6-7-10-13-22(3,4)19-15-21-18(14-16(19)2)17-11-8-9-12-20(17)23-21/h8-9,11-12,14-15H,5-7,10,13H2,1-4H3. The first-order valence-corrected chi connectivity index (χ1v) is 8.95. The summed E-state index contributed by atoms with van der Waals surface area (Å²) in [6.07, 6.45) is 6.52. The van der Waals surface area contributed by atoms with Gasteiger partial charge in [-0.2, -0.15) is 0 Å². The minimum Gasteiger partial charge on any atom is -0.456 e. The van der Waals surface area contributed by atoms with Crippen LogP contribution in [0.5, 0.6) is 0 Å². The summed E-state index contributed by atoms with van der Waals surface area (Å²) in [5, 5.41) is 2.46. The smallest absolute Gasteiger partial charge is 0.135 e. The molecule has 2 aromatic carbocycles. The van der Waals surface area contributed by atoms with E-state index in [1.807, 2.05) is 6.07 Å². The molecule has 0 N–H and O–H groups in total. The van der Waals surface area contributed by atoms with E-state index < -0.39 is 0 Å². The highest BCUT2D eigenvalue weighted by Crippen LogP contribution is 2.37. The maximum atomic E-state index is 6.09. The molecule has 23 heavy (non-hydrogen) atoms. The first-order valence-electron chi connectivity index (χ1n) is 8.95. The first kappa shape index (κ1) is 16.1. The van der Waals surface area contributed by atoms with Crippen LogP contribution in [0.1, 0.15) is 64.0 Å². The van der Waals surface area contributed by atoms with Gasteiger partial charge in [-0.3, -0.25) is 0 Å². The van der Waals surface area contributed by atoms with Gasteiger partial charge in [0.05, 0.1) is 0 Å². The van der Waals surface area contributed by atoms with Crippen LogP contribution in [0.2, 0.25) is 0 Å². The Bertz CT molecular complexity index is 807. The van der Waals surface area contributed by atoms with E-state index in [-0.39, 0.29) is 5.41 Å². The fourth-order valence-corrected chi connectivity index (χ4v) is 3.74. The number of rotatable bonds is 6. The number of hydrogen-bond acceptors (Lipinski definition) is 1. The van der Waals surface area contributed by atoms with Gasteiger partial charge in [0.1, 0.15) is 11.2 Å². The van der Waals surface area contributed by atoms with Crippen LogP contribution in [0.25, 0.3) is 21.9 Å². The van der Waals surface area contributed by atoms with Crippen molar-refractivity contribution in [3.05, 3.63) is 47.5 Å². The van der Waals surface area contributed by atoms with Gasteiger partial charge in [0.25, 0.3) is 0 Å². The molecule has 0 saturated heterocycles. The van der Waals surface area contributed by atoms with Crippen molar-refractivity contribution < 1.29 is 4.42 Å². The van der Waals surface area contributed by atoms with Crippen LogP contribution in [0.15, 0.2) is 40.8 Å². The third kappa shape index (κ3) is 3.15. The van der Waals surface area contributed by atoms with Gasteiger partial charge >= 0.3 is 0 Å². The normalized spacial score (nSPS) is 12.3. The van der Waals surface area contributed by atoms with Crippen LogP contribution >= 0.6 is 0 Å². The number of para-hydroxylation sites is 1. The lowest BCUT2D eigenvalue weighted by atomic mass is 9.77. The van der Waals surface area contributed by atoms with Crippen LogP contribution < -0.4 is 0 Å². The van der Waals surface area contributed by atoms with Gasteiger partial charge in [0.15, 0.2) is 0 Å². The molecule has 1 nitrogen and oxygen atoms in total. The van der Waals surface area contributed by atoms with E-state index in [0.29, 0.717) is 0 Å². The number of hydrogen-bond donors (Lipinski definition) is 0. The maximum absolute atomic E-state index is 6.09. The van der Waals surface area contributed by atoms with E-state index in [9.17, 15) is 0 Å². The Labute approximate surface area is 139 Å². The number of benzene rings is 2. The number of aryl methyl sites for hydroxylation is 1. The molecule has 0 bridgehead atoms. The molecule has 0 fully saturated rings. The van der Waals surface area contributed by atoms with E-state index in [0.717, 1.165) is 11.2 Å². The molecule has 0 aliphatic rings. The number of unbranched alkanes of at least 4 members (excludes halogenated alkanes) is 3. The van der Waals surface area contributed by atoms with Gasteiger partial charge < -0.3 is 4.42 Å². The molecule has 0 aliphatic carbocycles. The second kappa shape index (κ2) is 6.39. The Morgan fingerprint density at radius 1 is 0.913 bits per heavy atom. The summed E-state index contributed by atoms with van der Waals surface area (Å²) < 4.78 is 6.09. The van der Waals surface area contributed by atoms with Crippen LogP contribution in [0.4, 0.5) is 0 Å². The lowest BCUT2D eigenvalue weighted by Crippen LogP contribution is -2.18. The fourth-order valence-electron chi connectivity index (χ4n) is 3.74. The second-order valence-corrected chi connectivity index (χ2v) is 7.46. The van der Waals surface area contributed by atoms with Crippen molar-refractivity contribution >= 4 is 21.9 Å². The highest BCUT2D eigenvalue weighted by molar-refractivity contribution is 6.05. The molecule has 0 aliphatic heterocycles. The fraction of sp³-hybridized carbons (Fsp3) is 0.455. The quantitative estimate of drug-likeness (QED) is 0.441. The van der Waals surface area contributed by atoms with E-state index in [1.165, 1.54) is 54.0 Å². The van der Waals surface area contributed by atoms with E-state index in [4.69, 9.17) is 4.42 Å². The third-order valence-electron chi connectivity index (χ3n) is 5.11. The molecule has 1 aromatic heterocycles. The van der Waals surface area contributed by atoms with Gasteiger partial charge in [-0.15, -0.1) is 0 Å². The van der Waals surface area contributed by atoms with Crippen LogP contribution in [-0.2, 0) is 5.41 Å². The van der Waals surface area contributed by atoms with E-state index >= 15 is 0 Å². The summed E-state index contributed by atoms with van der Waals surface area (Å²) >= 11 is 0. The minimum absolute atomic E-state index is 0.199. The highest BCUT2D eigenvalue weighted by Gasteiger charge is 2.23. The average Bonchev–Trinajstić information content (AvgIpc) is 2.88. The summed E-state index contributed by atoms with van der Waals surface area (Å²) in [5.41, 5.74) is 5.02. The molecule has 3 aromatic rings. The molecule has 0 radical (unpaired) electrons.